The fraction of sp³-hybridized carbons (Fsp3) is 0.286. The molecule has 7 rings (SSSR count). The molecule has 1 aliphatic heterocycles. The first-order valence-electron chi connectivity index (χ1n) is 14.9. The predicted octanol–water partition coefficient (Wildman–Crippen LogP) is 3.16. The van der Waals surface area contributed by atoms with Crippen LogP contribution in [0.1, 0.15) is 41.6 Å². The number of carbonyl (C=O) groups is 3. The molecular weight excluding hydrogens is 592 g/mol. The van der Waals surface area contributed by atoms with Gasteiger partial charge in [0.05, 0.1) is 23.2 Å². The van der Waals surface area contributed by atoms with Gasteiger partial charge < -0.3 is 35.6 Å². The first-order valence-corrected chi connectivity index (χ1v) is 14.9. The number of phenolic OH excluding ortho intramolecular Hbond substituents is 1. The second-order valence-electron chi connectivity index (χ2n) is 12.7. The maximum absolute atomic E-state index is 14.4. The summed E-state index contributed by atoms with van der Waals surface area (Å²) >= 11 is 0. The molecule has 6 N–H and O–H groups in total. The third kappa shape index (κ3) is 3.85. The van der Waals surface area contributed by atoms with Gasteiger partial charge in [0, 0.05) is 28.5 Å². The summed E-state index contributed by atoms with van der Waals surface area (Å²) in [6.45, 7) is 1.42. The molecule has 4 aliphatic rings. The van der Waals surface area contributed by atoms with Crippen LogP contribution in [-0.2, 0) is 20.0 Å². The van der Waals surface area contributed by atoms with Crippen molar-refractivity contribution < 1.29 is 44.7 Å². The second kappa shape index (κ2) is 10.0. The number of aliphatic hydroxyl groups excluding tert-OH is 2. The zero-order valence-electron chi connectivity index (χ0n) is 25.2. The summed E-state index contributed by atoms with van der Waals surface area (Å²) in [6.07, 6.45) is -0.224. The number of carbonyl (C=O) groups excluding carboxylic acids is 3. The minimum atomic E-state index is -2.82. The van der Waals surface area contributed by atoms with E-state index >= 15 is 0 Å². The van der Waals surface area contributed by atoms with Crippen LogP contribution in [0.25, 0.3) is 5.76 Å². The van der Waals surface area contributed by atoms with Crippen LogP contribution in [0.15, 0.2) is 83.6 Å². The van der Waals surface area contributed by atoms with Crippen molar-refractivity contribution in [2.24, 2.45) is 11.8 Å². The second-order valence-corrected chi connectivity index (χ2v) is 12.7. The Hall–Kier alpha value is -4.97. The van der Waals surface area contributed by atoms with Crippen LogP contribution >= 0.6 is 0 Å². The van der Waals surface area contributed by atoms with Crippen LogP contribution in [0.5, 0.6) is 17.2 Å². The minimum Gasteiger partial charge on any atom is -0.508 e. The average Bonchev–Trinajstić information content (AvgIpc) is 3.01. The molecule has 5 atom stereocenters. The van der Waals surface area contributed by atoms with Gasteiger partial charge in [-0.25, -0.2) is 0 Å². The lowest BCUT2D eigenvalue weighted by atomic mass is 9.54. The number of ketones is 2. The Kier molecular flexibility index (Phi) is 6.47. The van der Waals surface area contributed by atoms with Gasteiger partial charge in [-0.05, 0) is 51.2 Å². The van der Waals surface area contributed by atoms with Crippen molar-refractivity contribution >= 4 is 23.2 Å². The van der Waals surface area contributed by atoms with E-state index in [9.17, 15) is 39.9 Å². The third-order valence-electron chi connectivity index (χ3n) is 9.96. The number of benzene rings is 3. The number of hydrogen-bond donors (Lipinski definition) is 6. The molecule has 0 bridgehead atoms. The number of amides is 1. The molecular formula is C35H32N2O9. The predicted molar refractivity (Wildman–Crippen MR) is 164 cm³/mol. The number of likely N-dealkylation sites (N-methyl/N-ethyl adjacent to an activating group) is 1. The van der Waals surface area contributed by atoms with Crippen LogP contribution in [0.2, 0.25) is 0 Å². The molecule has 0 saturated heterocycles. The van der Waals surface area contributed by atoms with Gasteiger partial charge in [-0.15, -0.1) is 0 Å². The number of phenols is 1. The number of aliphatic hydroxyl groups is 4. The number of rotatable bonds is 3. The van der Waals surface area contributed by atoms with E-state index in [4.69, 9.17) is 4.74 Å². The SMILES string of the molecule is CN(C)[C@@H]1C(=O)C(C(=O)NC2c3ccccc3Oc3ccccc32)=C(O)[C@]2(O)C(=O)C3=C(O)c4c(O)cccc4[C@](C)(O)[C@H]3C[C@H]12. The van der Waals surface area contributed by atoms with Crippen molar-refractivity contribution in [2.75, 3.05) is 14.1 Å². The highest BCUT2D eigenvalue weighted by atomic mass is 16.5. The molecule has 1 amide bonds. The molecule has 46 heavy (non-hydrogen) atoms. The molecule has 0 spiro atoms. The van der Waals surface area contributed by atoms with E-state index in [-0.39, 0.29) is 17.5 Å². The summed E-state index contributed by atoms with van der Waals surface area (Å²) < 4.78 is 6.00. The van der Waals surface area contributed by atoms with Crippen LogP contribution in [-0.4, -0.2) is 73.6 Å². The summed E-state index contributed by atoms with van der Waals surface area (Å²) in [4.78, 5) is 44.1. The lowest BCUT2D eigenvalue weighted by Crippen LogP contribution is -2.67. The number of Topliss-reactive ketones (excluding diaryl/α,β-unsaturated/α-hetero) is 2. The fourth-order valence-electron chi connectivity index (χ4n) is 7.75. The van der Waals surface area contributed by atoms with Crippen molar-refractivity contribution in [3.05, 3.63) is 106 Å². The van der Waals surface area contributed by atoms with Crippen molar-refractivity contribution in [1.82, 2.24) is 10.2 Å². The monoisotopic (exact) mass is 624 g/mol. The Balaban J connectivity index is 1.37. The van der Waals surface area contributed by atoms with Crippen molar-refractivity contribution in [1.29, 1.82) is 0 Å². The van der Waals surface area contributed by atoms with Crippen molar-refractivity contribution in [2.45, 2.75) is 36.6 Å². The summed E-state index contributed by atoms with van der Waals surface area (Å²) in [7, 11) is 3.09. The fourth-order valence-corrected chi connectivity index (χ4v) is 7.75. The minimum absolute atomic E-state index is 0.164. The first kappa shape index (κ1) is 29.7. The van der Waals surface area contributed by atoms with Gasteiger partial charge in [-0.1, -0.05) is 48.5 Å². The maximum atomic E-state index is 14.4. The van der Waals surface area contributed by atoms with Gasteiger partial charge in [-0.2, -0.15) is 0 Å². The highest BCUT2D eigenvalue weighted by Crippen LogP contribution is 2.57. The van der Waals surface area contributed by atoms with Crippen LogP contribution in [0, 0.1) is 11.8 Å². The Labute approximate surface area is 263 Å². The first-order chi connectivity index (χ1) is 21.8. The van der Waals surface area contributed by atoms with Crippen LogP contribution in [0.3, 0.4) is 0 Å². The quantitative estimate of drug-likeness (QED) is 0.237. The molecule has 0 radical (unpaired) electrons. The van der Waals surface area contributed by atoms with E-state index in [0.717, 1.165) is 0 Å². The largest absolute Gasteiger partial charge is 0.508 e. The van der Waals surface area contributed by atoms with E-state index in [1.54, 1.807) is 62.6 Å². The number of nitrogens with zero attached hydrogens (tertiary/aromatic N) is 1. The summed E-state index contributed by atoms with van der Waals surface area (Å²) in [5.74, 6) is -6.68. The number of hydrogen-bond acceptors (Lipinski definition) is 10. The smallest absolute Gasteiger partial charge is 0.259 e. The Morgan fingerprint density at radius 2 is 1.52 bits per heavy atom. The Morgan fingerprint density at radius 1 is 0.913 bits per heavy atom. The highest BCUT2D eigenvalue weighted by molar-refractivity contribution is 6.25. The van der Waals surface area contributed by atoms with E-state index in [1.165, 1.54) is 30.0 Å². The van der Waals surface area contributed by atoms with Gasteiger partial charge in [0.1, 0.15) is 34.3 Å². The summed E-state index contributed by atoms with van der Waals surface area (Å²) in [5, 5.41) is 60.4. The maximum Gasteiger partial charge on any atom is 0.259 e. The molecule has 0 aromatic heterocycles. The van der Waals surface area contributed by atoms with Gasteiger partial charge in [-0.3, -0.25) is 19.3 Å². The lowest BCUT2D eigenvalue weighted by molar-refractivity contribution is -0.159. The summed E-state index contributed by atoms with van der Waals surface area (Å²) in [6, 6.07) is 16.2. The Bertz CT molecular complexity index is 1880. The normalized spacial score (nSPS) is 28.5. The highest BCUT2D eigenvalue weighted by Gasteiger charge is 2.66. The lowest BCUT2D eigenvalue weighted by Gasteiger charge is -2.53. The zero-order chi connectivity index (χ0) is 32.9. The molecule has 1 fully saturated rings. The van der Waals surface area contributed by atoms with Gasteiger partial charge in [0.15, 0.2) is 11.4 Å². The number of para-hydroxylation sites is 2. The van der Waals surface area contributed by atoms with Crippen molar-refractivity contribution in [3.63, 3.8) is 0 Å². The molecule has 3 aliphatic carbocycles. The van der Waals surface area contributed by atoms with E-state index in [1.807, 2.05) is 0 Å². The standard InChI is InChI=1S/C35H32N2O9/c1-34(44)18-11-8-12-21(38)24(18)29(39)25-19(34)15-20-28(37(2)3)30(40)26(32(42)35(20,45)31(25)41)33(43)36-27-16-9-4-6-13-22(16)46-23-14-7-5-10-17(23)27/h4-14,19-20,27-28,38-39,42,44-45H,15H2,1-3H3,(H,36,43)/t19-,20+,28-,34-,35+/m0/s1. The van der Waals surface area contributed by atoms with Gasteiger partial charge in [0.2, 0.25) is 5.78 Å². The Morgan fingerprint density at radius 3 is 2.13 bits per heavy atom. The molecule has 236 valence electrons. The molecule has 11 heteroatoms. The molecule has 3 aromatic carbocycles. The van der Waals surface area contributed by atoms with Gasteiger partial charge >= 0.3 is 0 Å². The topological polar surface area (TPSA) is 177 Å². The molecule has 11 nitrogen and oxygen atoms in total. The molecule has 1 saturated carbocycles. The molecule has 1 heterocycles. The average molecular weight is 625 g/mol. The molecule has 0 unspecified atom stereocenters. The van der Waals surface area contributed by atoms with E-state index < -0.39 is 81.0 Å². The summed E-state index contributed by atoms with van der Waals surface area (Å²) in [5.41, 5.74) is -4.67. The third-order valence-corrected chi connectivity index (χ3v) is 9.96. The van der Waals surface area contributed by atoms with E-state index in [0.29, 0.717) is 22.6 Å². The number of ether oxygens (including phenoxy) is 1. The number of aromatic hydroxyl groups is 1. The van der Waals surface area contributed by atoms with E-state index in [2.05, 4.69) is 5.32 Å². The van der Waals surface area contributed by atoms with Crippen LogP contribution < -0.4 is 10.1 Å². The van der Waals surface area contributed by atoms with Crippen molar-refractivity contribution in [3.8, 4) is 17.2 Å². The number of fused-ring (bicyclic) bond motifs is 5. The van der Waals surface area contributed by atoms with Crippen LogP contribution in [0.4, 0.5) is 0 Å². The van der Waals surface area contributed by atoms with Gasteiger partial charge in [0.25, 0.3) is 5.91 Å². The molecule has 3 aromatic rings. The number of nitrogens with one attached hydrogen (secondary N) is 1. The zero-order valence-corrected chi connectivity index (χ0v) is 25.2.